The third-order valence-corrected chi connectivity index (χ3v) is 9.15. The number of carbonyl (C=O) groups is 1. The van der Waals surface area contributed by atoms with Gasteiger partial charge in [0.05, 0.1) is 24.0 Å². The third kappa shape index (κ3) is 6.71. The molecule has 1 aromatic heterocycles. The monoisotopic (exact) mass is 577 g/mol. The SMILES string of the molecule is COc1ccc2cc(-c3cc(C(C)C)c(CC(=O)N=NS(=O)c4ncc(C(C)(C)O)s4)c(C(C)C)c3)ccc2c1. The highest BCUT2D eigenvalue weighted by molar-refractivity contribution is 7.85. The summed E-state index contributed by atoms with van der Waals surface area (Å²) in [6.07, 6.45) is 1.53. The lowest BCUT2D eigenvalue weighted by Gasteiger charge is -2.21. The zero-order valence-corrected chi connectivity index (χ0v) is 25.5. The van der Waals surface area contributed by atoms with Crippen molar-refractivity contribution in [3.05, 3.63) is 76.3 Å². The predicted molar refractivity (Wildman–Crippen MR) is 161 cm³/mol. The van der Waals surface area contributed by atoms with Gasteiger partial charge >= 0.3 is 0 Å². The van der Waals surface area contributed by atoms with Crippen molar-refractivity contribution in [1.82, 2.24) is 4.98 Å². The number of ether oxygens (including phenoxy) is 1. The first-order chi connectivity index (χ1) is 18.9. The molecule has 1 amide bonds. The maximum absolute atomic E-state index is 13.0. The first kappa shape index (κ1) is 29.7. The van der Waals surface area contributed by atoms with E-state index in [2.05, 4.69) is 78.7 Å². The van der Waals surface area contributed by atoms with Gasteiger partial charge in [-0.25, -0.2) is 9.19 Å². The summed E-state index contributed by atoms with van der Waals surface area (Å²) in [6, 6.07) is 16.7. The van der Waals surface area contributed by atoms with E-state index in [1.165, 1.54) is 6.20 Å². The molecule has 0 aliphatic carbocycles. The van der Waals surface area contributed by atoms with Crippen molar-refractivity contribution in [2.45, 2.75) is 69.7 Å². The van der Waals surface area contributed by atoms with Crippen molar-refractivity contribution in [2.24, 2.45) is 9.63 Å². The van der Waals surface area contributed by atoms with Gasteiger partial charge in [0.2, 0.25) is 15.3 Å². The van der Waals surface area contributed by atoms with E-state index in [1.54, 1.807) is 21.0 Å². The van der Waals surface area contributed by atoms with E-state index >= 15 is 0 Å². The summed E-state index contributed by atoms with van der Waals surface area (Å²) >= 11 is 1.09. The summed E-state index contributed by atoms with van der Waals surface area (Å²) in [7, 11) is -0.255. The number of benzene rings is 3. The van der Waals surface area contributed by atoms with E-state index in [0.717, 1.165) is 55.7 Å². The topological polar surface area (TPSA) is 101 Å². The van der Waals surface area contributed by atoms with Crippen LogP contribution in [0.2, 0.25) is 0 Å². The Kier molecular flexibility index (Phi) is 8.97. The molecule has 9 heteroatoms. The summed E-state index contributed by atoms with van der Waals surface area (Å²) in [5, 5.41) is 16.1. The molecule has 1 atom stereocenters. The van der Waals surface area contributed by atoms with Crippen molar-refractivity contribution >= 4 is 39.0 Å². The van der Waals surface area contributed by atoms with Crippen LogP contribution in [0, 0.1) is 0 Å². The first-order valence-electron chi connectivity index (χ1n) is 13.2. The molecule has 1 N–H and O–H groups in total. The quantitative estimate of drug-likeness (QED) is 0.206. The Morgan fingerprint density at radius 1 is 1.00 bits per heavy atom. The Morgan fingerprint density at radius 2 is 1.62 bits per heavy atom. The van der Waals surface area contributed by atoms with E-state index in [0.29, 0.717) is 4.88 Å². The van der Waals surface area contributed by atoms with Gasteiger partial charge in [0, 0.05) is 6.20 Å². The van der Waals surface area contributed by atoms with Crippen LogP contribution in [0.3, 0.4) is 0 Å². The largest absolute Gasteiger partial charge is 0.497 e. The zero-order chi connectivity index (χ0) is 29.2. The molecule has 4 rings (SSSR count). The Labute approximate surface area is 241 Å². The number of thiazole rings is 1. The third-order valence-electron chi connectivity index (χ3n) is 6.74. The van der Waals surface area contributed by atoms with Crippen molar-refractivity contribution in [3.8, 4) is 16.9 Å². The predicted octanol–water partition coefficient (Wildman–Crippen LogP) is 7.69. The molecule has 0 spiro atoms. The van der Waals surface area contributed by atoms with Crippen LogP contribution < -0.4 is 4.74 Å². The van der Waals surface area contributed by atoms with Crippen LogP contribution >= 0.6 is 11.3 Å². The van der Waals surface area contributed by atoms with Crippen molar-refractivity contribution in [3.63, 3.8) is 0 Å². The standard InChI is InChI=1S/C31H35N3O4S2/c1-18(2)25-14-23(21-8-9-22-13-24(38-7)11-10-20(22)12-21)15-26(19(3)4)27(25)16-29(35)33-34-40(37)30-32-17-28(39-30)31(5,6)36/h8-15,17-19,36H,16H2,1-7H3. The van der Waals surface area contributed by atoms with Crippen LogP contribution in [-0.2, 0) is 27.8 Å². The Morgan fingerprint density at radius 3 is 2.20 bits per heavy atom. The van der Waals surface area contributed by atoms with Gasteiger partial charge in [-0.1, -0.05) is 62.5 Å². The lowest BCUT2D eigenvalue weighted by Crippen LogP contribution is -2.12. The van der Waals surface area contributed by atoms with Crippen LogP contribution in [-0.4, -0.2) is 27.3 Å². The Bertz CT molecular complexity index is 1570. The average molecular weight is 578 g/mol. The Balaban J connectivity index is 1.64. The molecule has 0 aliphatic rings. The summed E-state index contributed by atoms with van der Waals surface area (Å²) in [6.45, 7) is 11.7. The van der Waals surface area contributed by atoms with E-state index < -0.39 is 22.5 Å². The molecule has 0 fully saturated rings. The van der Waals surface area contributed by atoms with Crippen LogP contribution in [0.5, 0.6) is 5.75 Å². The van der Waals surface area contributed by atoms with Crippen molar-refractivity contribution in [1.29, 1.82) is 0 Å². The molecular formula is C31H35N3O4S2. The summed E-state index contributed by atoms with van der Waals surface area (Å²) in [4.78, 5) is 17.6. The zero-order valence-electron chi connectivity index (χ0n) is 23.9. The normalized spacial score (nSPS) is 13.1. The van der Waals surface area contributed by atoms with E-state index in [9.17, 15) is 14.1 Å². The molecular weight excluding hydrogens is 542 g/mol. The molecule has 0 bridgehead atoms. The molecule has 4 aromatic rings. The van der Waals surface area contributed by atoms with Gasteiger partial charge in [-0.2, -0.15) is 0 Å². The molecule has 210 valence electrons. The highest BCUT2D eigenvalue weighted by Gasteiger charge is 2.22. The summed E-state index contributed by atoms with van der Waals surface area (Å²) < 4.78 is 21.9. The number of methoxy groups -OCH3 is 1. The van der Waals surface area contributed by atoms with Crippen LogP contribution in [0.4, 0.5) is 0 Å². The molecule has 1 heterocycles. The molecule has 0 aliphatic heterocycles. The fourth-order valence-corrected chi connectivity index (χ4v) is 6.26. The maximum atomic E-state index is 13.0. The molecule has 0 saturated heterocycles. The molecule has 0 saturated carbocycles. The maximum Gasteiger partial charge on any atom is 0.269 e. The number of rotatable bonds is 9. The minimum Gasteiger partial charge on any atom is -0.497 e. The fourth-order valence-electron chi connectivity index (χ4n) is 4.57. The molecule has 7 nitrogen and oxygen atoms in total. The molecule has 1 unspecified atom stereocenters. The number of amides is 1. The fraction of sp³-hybridized carbons (Fsp3) is 0.355. The van der Waals surface area contributed by atoms with Crippen LogP contribution in [0.1, 0.15) is 74.9 Å². The number of carbonyl (C=O) groups excluding carboxylic acids is 1. The van der Waals surface area contributed by atoms with Gasteiger partial charge in [-0.05, 0) is 82.5 Å². The minimum atomic E-state index is -1.92. The Hall–Kier alpha value is -3.27. The van der Waals surface area contributed by atoms with Crippen molar-refractivity contribution < 1.29 is 18.8 Å². The second-order valence-corrected chi connectivity index (χ2v) is 13.3. The summed E-state index contributed by atoms with van der Waals surface area (Å²) in [5.74, 6) is 0.701. The number of fused-ring (bicyclic) bond motifs is 1. The second-order valence-electron chi connectivity index (χ2n) is 10.9. The lowest BCUT2D eigenvalue weighted by atomic mass is 9.83. The lowest BCUT2D eigenvalue weighted by molar-refractivity contribution is -0.117. The number of hydrogen-bond donors (Lipinski definition) is 1. The van der Waals surface area contributed by atoms with Gasteiger partial charge in [-0.15, -0.1) is 16.5 Å². The van der Waals surface area contributed by atoms with Gasteiger partial charge in [0.1, 0.15) is 5.75 Å². The van der Waals surface area contributed by atoms with Gasteiger partial charge in [0.15, 0.2) is 0 Å². The number of hydrogen-bond acceptors (Lipinski definition) is 6. The van der Waals surface area contributed by atoms with Gasteiger partial charge in [-0.3, -0.25) is 4.79 Å². The average Bonchev–Trinajstić information content (AvgIpc) is 3.42. The van der Waals surface area contributed by atoms with Gasteiger partial charge < -0.3 is 9.84 Å². The highest BCUT2D eigenvalue weighted by Crippen LogP contribution is 2.36. The summed E-state index contributed by atoms with van der Waals surface area (Å²) in [5.41, 5.74) is 4.19. The molecule has 0 radical (unpaired) electrons. The smallest absolute Gasteiger partial charge is 0.269 e. The van der Waals surface area contributed by atoms with E-state index in [1.807, 2.05) is 12.1 Å². The molecule has 40 heavy (non-hydrogen) atoms. The highest BCUT2D eigenvalue weighted by atomic mass is 32.2. The number of aromatic nitrogens is 1. The van der Waals surface area contributed by atoms with Crippen LogP contribution in [0.15, 0.2) is 68.7 Å². The number of nitrogens with zero attached hydrogens (tertiary/aromatic N) is 3. The van der Waals surface area contributed by atoms with Crippen molar-refractivity contribution in [2.75, 3.05) is 7.11 Å². The van der Waals surface area contributed by atoms with Crippen LogP contribution in [0.25, 0.3) is 21.9 Å². The molecule has 3 aromatic carbocycles. The first-order valence-corrected chi connectivity index (χ1v) is 15.1. The second kappa shape index (κ2) is 12.1. The minimum absolute atomic E-state index is 0.0618. The van der Waals surface area contributed by atoms with Gasteiger partial charge in [0.25, 0.3) is 5.91 Å². The van der Waals surface area contributed by atoms with E-state index in [-0.39, 0.29) is 22.6 Å². The number of aliphatic hydroxyl groups is 1. The van der Waals surface area contributed by atoms with E-state index in [4.69, 9.17) is 4.74 Å².